The fourth-order valence-corrected chi connectivity index (χ4v) is 3.28. The van der Waals surface area contributed by atoms with Gasteiger partial charge >= 0.3 is 0 Å². The van der Waals surface area contributed by atoms with Gasteiger partial charge in [-0.05, 0) is 50.1 Å². The molecule has 0 bridgehead atoms. The van der Waals surface area contributed by atoms with Gasteiger partial charge in [-0.3, -0.25) is 4.72 Å². The summed E-state index contributed by atoms with van der Waals surface area (Å²) in [5, 5.41) is 0. The van der Waals surface area contributed by atoms with Crippen molar-refractivity contribution in [2.45, 2.75) is 32.1 Å². The number of anilines is 1. The Labute approximate surface area is 143 Å². The lowest BCUT2D eigenvalue weighted by Gasteiger charge is -2.14. The summed E-state index contributed by atoms with van der Waals surface area (Å²) in [6.45, 7) is 6.74. The molecule has 2 aromatic carbocycles. The van der Waals surface area contributed by atoms with Crippen LogP contribution in [0.3, 0.4) is 0 Å². The van der Waals surface area contributed by atoms with Crippen molar-refractivity contribution in [1.82, 2.24) is 0 Å². The molecule has 0 amide bonds. The zero-order chi connectivity index (χ0) is 17.6. The normalized spacial score (nSPS) is 11.1. The van der Waals surface area contributed by atoms with Crippen LogP contribution in [-0.4, -0.2) is 21.6 Å². The average Bonchev–Trinajstić information content (AvgIpc) is 2.57. The van der Waals surface area contributed by atoms with Crippen molar-refractivity contribution < 1.29 is 17.9 Å². The topological polar surface area (TPSA) is 64.6 Å². The van der Waals surface area contributed by atoms with E-state index in [2.05, 4.69) is 4.72 Å². The third-order valence-electron chi connectivity index (χ3n) is 3.44. The molecule has 0 spiro atoms. The monoisotopic (exact) mass is 349 g/mol. The van der Waals surface area contributed by atoms with Crippen molar-refractivity contribution >= 4 is 15.7 Å². The summed E-state index contributed by atoms with van der Waals surface area (Å²) in [5.74, 6) is 1.11. The van der Waals surface area contributed by atoms with Gasteiger partial charge in [0, 0.05) is 6.07 Å². The molecule has 0 aromatic heterocycles. The van der Waals surface area contributed by atoms with E-state index in [1.54, 1.807) is 30.3 Å². The largest absolute Gasteiger partial charge is 0.490 e. The van der Waals surface area contributed by atoms with Crippen LogP contribution in [0, 0.1) is 0 Å². The van der Waals surface area contributed by atoms with Gasteiger partial charge in [-0.15, -0.1) is 0 Å². The van der Waals surface area contributed by atoms with Crippen LogP contribution >= 0.6 is 0 Å². The van der Waals surface area contributed by atoms with Crippen LogP contribution in [0.15, 0.2) is 47.4 Å². The summed E-state index contributed by atoms with van der Waals surface area (Å²) in [6, 6.07) is 11.8. The third kappa shape index (κ3) is 4.41. The van der Waals surface area contributed by atoms with Crippen LogP contribution in [0.5, 0.6) is 11.5 Å². The minimum Gasteiger partial charge on any atom is -0.490 e. The Morgan fingerprint density at radius 3 is 2.08 bits per heavy atom. The maximum atomic E-state index is 12.5. The van der Waals surface area contributed by atoms with Gasteiger partial charge in [0.25, 0.3) is 10.0 Å². The number of rotatable bonds is 8. The average molecular weight is 349 g/mol. The second-order valence-corrected chi connectivity index (χ2v) is 6.81. The third-order valence-corrected chi connectivity index (χ3v) is 4.83. The van der Waals surface area contributed by atoms with E-state index in [-0.39, 0.29) is 4.90 Å². The van der Waals surface area contributed by atoms with Crippen LogP contribution in [0.25, 0.3) is 0 Å². The Balaban J connectivity index is 2.26. The van der Waals surface area contributed by atoms with Crippen molar-refractivity contribution in [3.63, 3.8) is 0 Å². The summed E-state index contributed by atoms with van der Waals surface area (Å²) >= 11 is 0. The van der Waals surface area contributed by atoms with Gasteiger partial charge in [-0.25, -0.2) is 8.42 Å². The van der Waals surface area contributed by atoms with Gasteiger partial charge in [0.1, 0.15) is 0 Å². The molecule has 6 heteroatoms. The van der Waals surface area contributed by atoms with Crippen molar-refractivity contribution in [3.8, 4) is 11.5 Å². The minimum absolute atomic E-state index is 0.228. The molecule has 0 fully saturated rings. The van der Waals surface area contributed by atoms with Gasteiger partial charge in [0.2, 0.25) is 0 Å². The Kier molecular flexibility index (Phi) is 6.09. The second kappa shape index (κ2) is 8.06. The molecule has 5 nitrogen and oxygen atoms in total. The predicted molar refractivity (Wildman–Crippen MR) is 95.4 cm³/mol. The Morgan fingerprint density at radius 1 is 0.875 bits per heavy atom. The van der Waals surface area contributed by atoms with Gasteiger partial charge in [-0.2, -0.15) is 0 Å². The maximum absolute atomic E-state index is 12.5. The molecule has 0 aliphatic rings. The molecule has 2 rings (SSSR count). The van der Waals surface area contributed by atoms with Crippen LogP contribution in [-0.2, 0) is 16.4 Å². The van der Waals surface area contributed by atoms with Crippen LogP contribution in [0.2, 0.25) is 0 Å². The smallest absolute Gasteiger partial charge is 0.261 e. The molecule has 0 atom stereocenters. The summed E-state index contributed by atoms with van der Waals surface area (Å²) in [4.78, 5) is 0.228. The molecule has 0 heterocycles. The predicted octanol–water partition coefficient (Wildman–Crippen LogP) is 3.85. The van der Waals surface area contributed by atoms with E-state index in [0.29, 0.717) is 30.4 Å². The lowest BCUT2D eigenvalue weighted by Crippen LogP contribution is -2.13. The number of aryl methyl sites for hydroxylation is 1. The van der Waals surface area contributed by atoms with Crippen molar-refractivity contribution in [3.05, 3.63) is 48.0 Å². The van der Waals surface area contributed by atoms with Crippen LogP contribution < -0.4 is 14.2 Å². The second-order valence-electron chi connectivity index (χ2n) is 5.13. The highest BCUT2D eigenvalue weighted by molar-refractivity contribution is 7.92. The summed E-state index contributed by atoms with van der Waals surface area (Å²) in [6.07, 6.45) is 0.865. The molecule has 24 heavy (non-hydrogen) atoms. The molecule has 2 aromatic rings. The molecule has 0 unspecified atom stereocenters. The number of ether oxygens (including phenoxy) is 2. The summed E-state index contributed by atoms with van der Waals surface area (Å²) in [7, 11) is -3.64. The quantitative estimate of drug-likeness (QED) is 0.786. The highest BCUT2D eigenvalue weighted by Gasteiger charge is 2.15. The number of benzene rings is 2. The molecule has 0 radical (unpaired) electrons. The van der Waals surface area contributed by atoms with Crippen LogP contribution in [0.1, 0.15) is 26.3 Å². The molecule has 0 saturated heterocycles. The fourth-order valence-electron chi connectivity index (χ4n) is 2.23. The fraction of sp³-hybridized carbons (Fsp3) is 0.333. The van der Waals surface area contributed by atoms with Gasteiger partial charge in [-0.1, -0.05) is 19.1 Å². The number of nitrogens with one attached hydrogen (secondary N) is 1. The van der Waals surface area contributed by atoms with Crippen molar-refractivity contribution in [2.75, 3.05) is 17.9 Å². The minimum atomic E-state index is -3.64. The summed E-state index contributed by atoms with van der Waals surface area (Å²) < 4.78 is 38.6. The van der Waals surface area contributed by atoms with E-state index >= 15 is 0 Å². The molecule has 130 valence electrons. The SMILES string of the molecule is CCOc1ccc(NS(=O)(=O)c2ccc(CC)cc2)cc1OCC. The molecular formula is C18H23NO4S. The first-order chi connectivity index (χ1) is 11.5. The van der Waals surface area contributed by atoms with E-state index < -0.39 is 10.0 Å². The van der Waals surface area contributed by atoms with E-state index in [1.807, 2.05) is 32.9 Å². The number of sulfonamides is 1. The standard InChI is InChI=1S/C18H23NO4S/c1-4-14-7-10-16(11-8-14)24(20,21)19-15-9-12-17(22-5-2)18(13-15)23-6-3/h7-13,19H,4-6H2,1-3H3. The Hall–Kier alpha value is -2.21. The molecule has 0 saturated carbocycles. The lowest BCUT2D eigenvalue weighted by atomic mass is 10.2. The van der Waals surface area contributed by atoms with Crippen LogP contribution in [0.4, 0.5) is 5.69 Å². The van der Waals surface area contributed by atoms with Gasteiger partial charge in [0.15, 0.2) is 11.5 Å². The van der Waals surface area contributed by atoms with Gasteiger partial charge in [0.05, 0.1) is 23.8 Å². The number of hydrogen-bond donors (Lipinski definition) is 1. The first-order valence-corrected chi connectivity index (χ1v) is 9.49. The first-order valence-electron chi connectivity index (χ1n) is 8.01. The highest BCUT2D eigenvalue weighted by atomic mass is 32.2. The first kappa shape index (κ1) is 18.1. The zero-order valence-electron chi connectivity index (χ0n) is 14.2. The van der Waals surface area contributed by atoms with E-state index in [0.717, 1.165) is 12.0 Å². The molecule has 0 aliphatic carbocycles. The Bertz CT molecular complexity index is 770. The molecular weight excluding hydrogens is 326 g/mol. The maximum Gasteiger partial charge on any atom is 0.261 e. The zero-order valence-corrected chi connectivity index (χ0v) is 15.0. The molecule has 1 N–H and O–H groups in total. The lowest BCUT2D eigenvalue weighted by molar-refractivity contribution is 0.288. The van der Waals surface area contributed by atoms with E-state index in [9.17, 15) is 8.42 Å². The van der Waals surface area contributed by atoms with E-state index in [1.165, 1.54) is 0 Å². The van der Waals surface area contributed by atoms with Crippen molar-refractivity contribution in [2.24, 2.45) is 0 Å². The summed E-state index contributed by atoms with van der Waals surface area (Å²) in [5.41, 5.74) is 1.52. The number of hydrogen-bond acceptors (Lipinski definition) is 4. The highest BCUT2D eigenvalue weighted by Crippen LogP contribution is 2.31. The van der Waals surface area contributed by atoms with Gasteiger partial charge < -0.3 is 9.47 Å². The van der Waals surface area contributed by atoms with Crippen molar-refractivity contribution in [1.29, 1.82) is 0 Å². The van der Waals surface area contributed by atoms with E-state index in [4.69, 9.17) is 9.47 Å². The molecule has 0 aliphatic heterocycles. The Morgan fingerprint density at radius 2 is 1.50 bits per heavy atom.